The third-order valence-electron chi connectivity index (χ3n) is 6.51. The van der Waals surface area contributed by atoms with Crippen molar-refractivity contribution in [3.8, 4) is 0 Å². The van der Waals surface area contributed by atoms with Gasteiger partial charge in [0.15, 0.2) is 11.4 Å². The van der Waals surface area contributed by atoms with Crippen LogP contribution in [0.2, 0.25) is 0 Å². The van der Waals surface area contributed by atoms with E-state index in [1.807, 2.05) is 33.0 Å². The molecule has 1 unspecified atom stereocenters. The van der Waals surface area contributed by atoms with Crippen LogP contribution in [0.1, 0.15) is 56.7 Å². The van der Waals surface area contributed by atoms with Crippen LogP contribution in [0.4, 0.5) is 13.6 Å². The molecule has 5 nitrogen and oxygen atoms in total. The number of aromatic nitrogens is 1. The largest absolute Gasteiger partial charge is 0.336 e. The van der Waals surface area contributed by atoms with Crippen molar-refractivity contribution in [1.29, 1.82) is 0 Å². The van der Waals surface area contributed by atoms with Crippen molar-refractivity contribution in [3.05, 3.63) is 51.7 Å². The molecule has 2 amide bonds. The summed E-state index contributed by atoms with van der Waals surface area (Å²) >= 11 is 1.10. The summed E-state index contributed by atoms with van der Waals surface area (Å²) in [6.45, 7) is 11.1. The average Bonchev–Trinajstić information content (AvgIpc) is 3.33. The fourth-order valence-electron chi connectivity index (χ4n) is 4.35. The minimum Gasteiger partial charge on any atom is -0.336 e. The number of amides is 2. The van der Waals surface area contributed by atoms with Crippen LogP contribution >= 0.6 is 11.3 Å². The minimum atomic E-state index is -1.51. The summed E-state index contributed by atoms with van der Waals surface area (Å²) < 4.78 is 29.2. The molecular formula is C24H34F2N4OS. The van der Waals surface area contributed by atoms with Crippen molar-refractivity contribution in [3.63, 3.8) is 0 Å². The van der Waals surface area contributed by atoms with Gasteiger partial charge in [0, 0.05) is 40.3 Å². The Balaban J connectivity index is 1.80. The highest BCUT2D eigenvalue weighted by Crippen LogP contribution is 2.44. The SMILES string of the molecule is Cc1ccc(C(C)(C)N2CCC(CCc3ccc(F)s3)([C@H](F)NC(=O)NC(C)C)C2)cn1. The summed E-state index contributed by atoms with van der Waals surface area (Å²) in [7, 11) is 0. The zero-order chi connectivity index (χ0) is 23.5. The molecule has 2 atom stereocenters. The highest BCUT2D eigenvalue weighted by atomic mass is 32.1. The fourth-order valence-corrected chi connectivity index (χ4v) is 5.08. The second-order valence-corrected chi connectivity index (χ2v) is 10.7. The van der Waals surface area contributed by atoms with E-state index in [2.05, 4.69) is 40.4 Å². The number of urea groups is 1. The lowest BCUT2D eigenvalue weighted by Gasteiger charge is -2.39. The average molecular weight is 465 g/mol. The summed E-state index contributed by atoms with van der Waals surface area (Å²) in [5, 5.41) is 5.00. The summed E-state index contributed by atoms with van der Waals surface area (Å²) in [5.41, 5.74) is 0.925. The van der Waals surface area contributed by atoms with Crippen molar-refractivity contribution < 1.29 is 13.6 Å². The highest BCUT2D eigenvalue weighted by molar-refractivity contribution is 7.10. The van der Waals surface area contributed by atoms with Gasteiger partial charge in [-0.05, 0) is 84.2 Å². The van der Waals surface area contributed by atoms with Gasteiger partial charge in [-0.25, -0.2) is 9.18 Å². The van der Waals surface area contributed by atoms with Crippen molar-refractivity contribution in [1.82, 2.24) is 20.5 Å². The molecule has 1 aliphatic heterocycles. The molecular weight excluding hydrogens is 430 g/mol. The van der Waals surface area contributed by atoms with Crippen LogP contribution in [0.3, 0.4) is 0 Å². The molecule has 1 saturated heterocycles. The molecule has 3 rings (SSSR count). The molecule has 0 aliphatic carbocycles. The van der Waals surface area contributed by atoms with E-state index in [0.29, 0.717) is 32.4 Å². The summed E-state index contributed by atoms with van der Waals surface area (Å²) in [4.78, 5) is 19.8. The first-order valence-corrected chi connectivity index (χ1v) is 12.0. The molecule has 2 N–H and O–H groups in total. The number of nitrogens with zero attached hydrogens (tertiary/aromatic N) is 2. The van der Waals surface area contributed by atoms with E-state index in [-0.39, 0.29) is 16.7 Å². The summed E-state index contributed by atoms with van der Waals surface area (Å²) in [6.07, 6.45) is 2.07. The van der Waals surface area contributed by atoms with Gasteiger partial charge in [0.1, 0.15) is 0 Å². The number of carbonyl (C=O) groups excluding carboxylic acids is 1. The number of aryl methyl sites for hydroxylation is 2. The number of halogens is 2. The number of hydrogen-bond acceptors (Lipinski definition) is 4. The Hall–Kier alpha value is -2.06. The maximum absolute atomic E-state index is 15.7. The monoisotopic (exact) mass is 464 g/mol. The molecule has 0 spiro atoms. The fraction of sp³-hybridized carbons (Fsp3) is 0.583. The van der Waals surface area contributed by atoms with Crippen LogP contribution < -0.4 is 10.6 Å². The van der Waals surface area contributed by atoms with Crippen LogP contribution in [0.25, 0.3) is 0 Å². The Morgan fingerprint density at radius 2 is 2.03 bits per heavy atom. The molecule has 32 heavy (non-hydrogen) atoms. The molecule has 0 aromatic carbocycles. The Kier molecular flexibility index (Phi) is 7.55. The van der Waals surface area contributed by atoms with Gasteiger partial charge in [-0.2, -0.15) is 4.39 Å². The highest BCUT2D eigenvalue weighted by Gasteiger charge is 2.49. The lowest BCUT2D eigenvalue weighted by molar-refractivity contribution is 0.0580. The van der Waals surface area contributed by atoms with Crippen LogP contribution in [-0.2, 0) is 12.0 Å². The predicted molar refractivity (Wildman–Crippen MR) is 125 cm³/mol. The molecule has 2 aromatic heterocycles. The van der Waals surface area contributed by atoms with Gasteiger partial charge < -0.3 is 10.6 Å². The third-order valence-corrected chi connectivity index (χ3v) is 7.44. The zero-order valence-corrected chi connectivity index (χ0v) is 20.4. The van der Waals surface area contributed by atoms with Crippen LogP contribution in [0, 0.1) is 17.5 Å². The summed E-state index contributed by atoms with van der Waals surface area (Å²) in [5.74, 6) is 0. The molecule has 0 bridgehead atoms. The second-order valence-electron chi connectivity index (χ2n) is 9.62. The quantitative estimate of drug-likeness (QED) is 0.531. The number of likely N-dealkylation sites (tertiary alicyclic amines) is 1. The van der Waals surface area contributed by atoms with Crippen LogP contribution in [0.5, 0.6) is 0 Å². The van der Waals surface area contributed by atoms with Gasteiger partial charge in [0.25, 0.3) is 0 Å². The van der Waals surface area contributed by atoms with E-state index in [9.17, 15) is 9.18 Å². The van der Waals surface area contributed by atoms with Crippen molar-refractivity contribution in [2.45, 2.75) is 71.8 Å². The third kappa shape index (κ3) is 5.64. The molecule has 2 aromatic rings. The maximum atomic E-state index is 15.7. The normalized spacial score (nSPS) is 20.5. The molecule has 176 valence electrons. The van der Waals surface area contributed by atoms with Crippen molar-refractivity contribution >= 4 is 17.4 Å². The number of carbonyl (C=O) groups is 1. The molecule has 8 heteroatoms. The minimum absolute atomic E-state index is 0.0831. The van der Waals surface area contributed by atoms with Crippen molar-refractivity contribution in [2.75, 3.05) is 13.1 Å². The van der Waals surface area contributed by atoms with Gasteiger partial charge in [0.05, 0.1) is 0 Å². The number of thiophene rings is 1. The smallest absolute Gasteiger partial charge is 0.317 e. The number of hydrogen-bond donors (Lipinski definition) is 2. The Bertz CT molecular complexity index is 915. The van der Waals surface area contributed by atoms with Crippen LogP contribution in [0.15, 0.2) is 30.5 Å². The number of pyridine rings is 1. The van der Waals surface area contributed by atoms with E-state index in [1.54, 1.807) is 6.07 Å². The van der Waals surface area contributed by atoms with Gasteiger partial charge in [0.2, 0.25) is 0 Å². The second kappa shape index (κ2) is 9.83. The Morgan fingerprint density at radius 1 is 1.28 bits per heavy atom. The van der Waals surface area contributed by atoms with E-state index >= 15 is 4.39 Å². The van der Waals surface area contributed by atoms with E-state index in [1.165, 1.54) is 6.07 Å². The van der Waals surface area contributed by atoms with Gasteiger partial charge in [-0.3, -0.25) is 9.88 Å². The standard InChI is InChI=1S/C24H34F2N4OS/c1-16(2)28-22(31)29-21(26)24(11-10-19-8-9-20(25)32-19)12-13-30(15-24)23(4,5)18-7-6-17(3)27-14-18/h6-9,14,16,21H,10-13,15H2,1-5H3,(H2,28,29,31)/t21-,24?/m1/s1. The number of nitrogens with one attached hydrogen (secondary N) is 2. The lowest BCUT2D eigenvalue weighted by atomic mass is 9.80. The number of alkyl halides is 1. The molecule has 3 heterocycles. The zero-order valence-electron chi connectivity index (χ0n) is 19.5. The Morgan fingerprint density at radius 3 is 2.62 bits per heavy atom. The number of rotatable bonds is 8. The topological polar surface area (TPSA) is 57.3 Å². The first-order chi connectivity index (χ1) is 15.0. The van der Waals surface area contributed by atoms with Crippen molar-refractivity contribution in [2.24, 2.45) is 5.41 Å². The van der Waals surface area contributed by atoms with E-state index < -0.39 is 17.7 Å². The predicted octanol–water partition coefficient (Wildman–Crippen LogP) is 5.15. The molecule has 0 saturated carbocycles. The van der Waals surface area contributed by atoms with E-state index in [4.69, 9.17) is 0 Å². The molecule has 0 radical (unpaired) electrons. The maximum Gasteiger partial charge on any atom is 0.317 e. The van der Waals surface area contributed by atoms with Gasteiger partial charge in [-0.1, -0.05) is 6.07 Å². The molecule has 1 fully saturated rings. The van der Waals surface area contributed by atoms with E-state index in [0.717, 1.165) is 27.5 Å². The van der Waals surface area contributed by atoms with Crippen LogP contribution in [-0.4, -0.2) is 41.3 Å². The molecule has 1 aliphatic rings. The first kappa shape index (κ1) is 24.6. The lowest BCUT2D eigenvalue weighted by Crippen LogP contribution is -2.52. The summed E-state index contributed by atoms with van der Waals surface area (Å²) in [6, 6.07) is 6.67. The first-order valence-electron chi connectivity index (χ1n) is 11.2. The Labute approximate surface area is 193 Å². The van der Waals surface area contributed by atoms with Gasteiger partial charge >= 0.3 is 6.03 Å². The van der Waals surface area contributed by atoms with Gasteiger partial charge in [-0.15, -0.1) is 11.3 Å².